The van der Waals surface area contributed by atoms with Crippen molar-refractivity contribution in [1.29, 1.82) is 0 Å². The number of ether oxygens (including phenoxy) is 3. The van der Waals surface area contributed by atoms with Gasteiger partial charge >= 0.3 is 5.97 Å². The Hall–Kier alpha value is -5.84. The molecule has 220 valence electrons. The fraction of sp³-hybridized carbons (Fsp3) is 0.125. The van der Waals surface area contributed by atoms with Gasteiger partial charge in [-0.25, -0.2) is 4.79 Å². The Morgan fingerprint density at radius 2 is 1.14 bits per heavy atom. The van der Waals surface area contributed by atoms with Gasteiger partial charge in [0, 0.05) is 40.0 Å². The highest BCUT2D eigenvalue weighted by atomic mass is 16.5. The predicted octanol–water partition coefficient (Wildman–Crippen LogP) is 5.49. The summed E-state index contributed by atoms with van der Waals surface area (Å²) >= 11 is 0. The maximum absolute atomic E-state index is 14.2. The second-order valence-corrected chi connectivity index (χ2v) is 9.91. The first-order valence-electron chi connectivity index (χ1n) is 12.8. The second-order valence-electron chi connectivity index (χ2n) is 9.91. The van der Waals surface area contributed by atoms with Gasteiger partial charge in [-0.1, -0.05) is 0 Å². The van der Waals surface area contributed by atoms with E-state index in [0.717, 1.165) is 0 Å². The van der Waals surface area contributed by atoms with Gasteiger partial charge in [-0.2, -0.15) is 0 Å². The number of carboxylic acid groups (broad SMARTS) is 1. The van der Waals surface area contributed by atoms with E-state index in [0.29, 0.717) is 11.1 Å². The Bertz CT molecular complexity index is 1860. The number of aryl methyl sites for hydroxylation is 2. The van der Waals surface area contributed by atoms with Crippen molar-refractivity contribution < 1.29 is 54.4 Å². The van der Waals surface area contributed by atoms with Gasteiger partial charge in [0.15, 0.2) is 17.3 Å². The third-order valence-corrected chi connectivity index (χ3v) is 6.99. The maximum atomic E-state index is 14.2. The number of ketones is 1. The standard InChI is InChI=1S/C32H26O11/c1-13-5-19(33)27(20(34)6-13)29-25-17(9-15(41-3)11-22(25)36)30(38)26(29)18-10-16(42-4)12-23(37)31(18)43-24-8-14(2)7-21(35)28(24)32(39)40/h5-12,33-37H,1-4H3,(H,39,40). The Kier molecular flexibility index (Phi) is 7.02. The number of aromatic carboxylic acids is 1. The number of benzene rings is 4. The average Bonchev–Trinajstić information content (AvgIpc) is 3.20. The van der Waals surface area contributed by atoms with Crippen LogP contribution in [-0.2, 0) is 0 Å². The van der Waals surface area contributed by atoms with Crippen LogP contribution >= 0.6 is 0 Å². The molecule has 43 heavy (non-hydrogen) atoms. The number of carbonyl (C=O) groups is 2. The molecule has 0 saturated carbocycles. The molecule has 0 atom stereocenters. The number of phenols is 5. The van der Waals surface area contributed by atoms with Gasteiger partial charge < -0.3 is 44.8 Å². The molecule has 0 aromatic heterocycles. The van der Waals surface area contributed by atoms with Crippen LogP contribution in [0, 0.1) is 13.8 Å². The van der Waals surface area contributed by atoms with Crippen LogP contribution in [0.5, 0.6) is 51.7 Å². The molecule has 1 aliphatic rings. The molecular formula is C32H26O11. The second kappa shape index (κ2) is 10.5. The first-order valence-corrected chi connectivity index (χ1v) is 12.8. The summed E-state index contributed by atoms with van der Waals surface area (Å²) in [5.41, 5.74) is -0.404. The molecule has 0 radical (unpaired) electrons. The van der Waals surface area contributed by atoms with Crippen LogP contribution in [0.2, 0.25) is 0 Å². The van der Waals surface area contributed by atoms with Crippen molar-refractivity contribution in [2.75, 3.05) is 14.2 Å². The molecule has 0 fully saturated rings. The van der Waals surface area contributed by atoms with Crippen LogP contribution in [0.3, 0.4) is 0 Å². The molecule has 0 heterocycles. The number of phenolic OH excluding ortho intramolecular Hbond substituents is 4. The topological polar surface area (TPSA) is 183 Å². The average molecular weight is 587 g/mol. The van der Waals surface area contributed by atoms with Gasteiger partial charge in [0.1, 0.15) is 45.8 Å². The number of aromatic hydroxyl groups is 5. The van der Waals surface area contributed by atoms with Crippen LogP contribution in [0.4, 0.5) is 0 Å². The summed E-state index contributed by atoms with van der Waals surface area (Å²) in [6, 6.07) is 10.4. The minimum absolute atomic E-state index is 0.0389. The Morgan fingerprint density at radius 3 is 1.72 bits per heavy atom. The number of Topliss-reactive ketones (excluding diaryl/α,β-unsaturated/α-hetero) is 1. The van der Waals surface area contributed by atoms with Crippen LogP contribution in [0.15, 0.2) is 48.5 Å². The first-order chi connectivity index (χ1) is 20.4. The van der Waals surface area contributed by atoms with Gasteiger partial charge in [0.25, 0.3) is 0 Å². The Morgan fingerprint density at radius 1 is 0.628 bits per heavy atom. The molecule has 4 aromatic rings. The van der Waals surface area contributed by atoms with E-state index in [1.165, 1.54) is 62.8 Å². The minimum Gasteiger partial charge on any atom is -0.507 e. The predicted molar refractivity (Wildman–Crippen MR) is 154 cm³/mol. The third kappa shape index (κ3) is 4.76. The fourth-order valence-electron chi connectivity index (χ4n) is 5.18. The lowest BCUT2D eigenvalue weighted by molar-refractivity contribution is 0.0690. The number of carbonyl (C=O) groups excluding carboxylic acids is 1. The van der Waals surface area contributed by atoms with E-state index in [9.17, 15) is 40.2 Å². The van der Waals surface area contributed by atoms with Crippen molar-refractivity contribution in [3.8, 4) is 51.7 Å². The maximum Gasteiger partial charge on any atom is 0.343 e. The lowest BCUT2D eigenvalue weighted by atomic mass is 9.91. The number of allylic oxidation sites excluding steroid dienone is 1. The van der Waals surface area contributed by atoms with Crippen molar-refractivity contribution in [2.24, 2.45) is 0 Å². The van der Waals surface area contributed by atoms with E-state index in [2.05, 4.69) is 0 Å². The van der Waals surface area contributed by atoms with Crippen molar-refractivity contribution >= 4 is 22.9 Å². The SMILES string of the molecule is COc1cc(O)c(Oc2cc(C)cc(O)c2C(=O)O)c(C2=C(c3c(O)cc(C)cc3O)c3c(O)cc(OC)cc3C2=O)c1. The molecule has 0 saturated heterocycles. The van der Waals surface area contributed by atoms with Gasteiger partial charge in [0.05, 0.1) is 19.8 Å². The zero-order chi connectivity index (χ0) is 31.3. The quantitative estimate of drug-likeness (QED) is 0.161. The summed E-state index contributed by atoms with van der Waals surface area (Å²) in [7, 11) is 2.66. The Labute approximate surface area is 244 Å². The molecular weight excluding hydrogens is 560 g/mol. The molecule has 6 N–H and O–H groups in total. The monoisotopic (exact) mass is 586 g/mol. The molecule has 5 rings (SSSR count). The van der Waals surface area contributed by atoms with Crippen LogP contribution in [0.25, 0.3) is 11.1 Å². The third-order valence-electron chi connectivity index (χ3n) is 6.99. The van der Waals surface area contributed by atoms with Crippen molar-refractivity contribution in [2.45, 2.75) is 13.8 Å². The van der Waals surface area contributed by atoms with E-state index in [-0.39, 0.29) is 50.6 Å². The number of fused-ring (bicyclic) bond motifs is 1. The lowest BCUT2D eigenvalue weighted by Crippen LogP contribution is -2.05. The van der Waals surface area contributed by atoms with Crippen LogP contribution in [0.1, 0.15) is 48.5 Å². The summed E-state index contributed by atoms with van der Waals surface area (Å²) in [5.74, 6) is -5.14. The highest BCUT2D eigenvalue weighted by Crippen LogP contribution is 2.54. The highest BCUT2D eigenvalue weighted by molar-refractivity contribution is 6.43. The van der Waals surface area contributed by atoms with E-state index >= 15 is 0 Å². The zero-order valence-corrected chi connectivity index (χ0v) is 23.3. The molecule has 11 nitrogen and oxygen atoms in total. The summed E-state index contributed by atoms with van der Waals surface area (Å²) in [6.45, 7) is 3.22. The molecule has 11 heteroatoms. The van der Waals surface area contributed by atoms with Crippen molar-refractivity contribution in [1.82, 2.24) is 0 Å². The molecule has 1 aliphatic carbocycles. The van der Waals surface area contributed by atoms with E-state index in [1.807, 2.05) is 0 Å². The van der Waals surface area contributed by atoms with Gasteiger partial charge in [-0.3, -0.25) is 4.79 Å². The number of rotatable bonds is 7. The molecule has 0 bridgehead atoms. The van der Waals surface area contributed by atoms with Gasteiger partial charge in [-0.05, 0) is 61.4 Å². The number of hydrogen-bond donors (Lipinski definition) is 6. The first kappa shape index (κ1) is 28.7. The van der Waals surface area contributed by atoms with Gasteiger partial charge in [0.2, 0.25) is 0 Å². The largest absolute Gasteiger partial charge is 0.507 e. The highest BCUT2D eigenvalue weighted by Gasteiger charge is 2.39. The van der Waals surface area contributed by atoms with E-state index in [1.54, 1.807) is 13.8 Å². The molecule has 0 amide bonds. The Balaban J connectivity index is 1.90. The van der Waals surface area contributed by atoms with Crippen LogP contribution in [-0.4, -0.2) is 56.6 Å². The van der Waals surface area contributed by atoms with E-state index < -0.39 is 51.8 Å². The molecule has 0 unspecified atom stereocenters. The van der Waals surface area contributed by atoms with Crippen molar-refractivity contribution in [3.63, 3.8) is 0 Å². The zero-order valence-electron chi connectivity index (χ0n) is 23.3. The van der Waals surface area contributed by atoms with Crippen molar-refractivity contribution in [3.05, 3.63) is 87.5 Å². The molecule has 0 aliphatic heterocycles. The summed E-state index contributed by atoms with van der Waals surface area (Å²) < 4.78 is 16.5. The normalized spacial score (nSPS) is 12.3. The lowest BCUT2D eigenvalue weighted by Gasteiger charge is -2.19. The van der Waals surface area contributed by atoms with Gasteiger partial charge in [-0.15, -0.1) is 0 Å². The number of carboxylic acids is 1. The summed E-state index contributed by atoms with van der Waals surface area (Å²) in [4.78, 5) is 26.2. The smallest absolute Gasteiger partial charge is 0.343 e. The number of hydrogen-bond acceptors (Lipinski definition) is 10. The summed E-state index contributed by atoms with van der Waals surface area (Å²) in [6.07, 6.45) is 0. The van der Waals surface area contributed by atoms with Crippen LogP contribution < -0.4 is 14.2 Å². The number of methoxy groups -OCH3 is 2. The molecule has 4 aromatic carbocycles. The van der Waals surface area contributed by atoms with E-state index in [4.69, 9.17) is 14.2 Å². The molecule has 0 spiro atoms. The summed E-state index contributed by atoms with van der Waals surface area (Å²) in [5, 5.41) is 64.4. The fourth-order valence-corrected chi connectivity index (χ4v) is 5.18. The minimum atomic E-state index is -1.52.